The number of likely N-dealkylation sites (tertiary alicyclic amines) is 1. The van der Waals surface area contributed by atoms with Gasteiger partial charge in [0.15, 0.2) is 5.75 Å². The van der Waals surface area contributed by atoms with Crippen LogP contribution in [0.25, 0.3) is 22.0 Å². The first-order valence-electron chi connectivity index (χ1n) is 15.1. The summed E-state index contributed by atoms with van der Waals surface area (Å²) < 4.78 is 36.9. The highest BCUT2D eigenvalue weighted by Crippen LogP contribution is 2.47. The lowest BCUT2D eigenvalue weighted by Crippen LogP contribution is -2.58. The van der Waals surface area contributed by atoms with Crippen LogP contribution in [-0.2, 0) is 9.59 Å². The van der Waals surface area contributed by atoms with Crippen molar-refractivity contribution in [1.82, 2.24) is 19.4 Å². The first-order valence-corrected chi connectivity index (χ1v) is 15.4. The Balaban J connectivity index is 1.43. The van der Waals surface area contributed by atoms with Crippen LogP contribution in [0.3, 0.4) is 0 Å². The average Bonchev–Trinajstić information content (AvgIpc) is 2.97. The molecule has 0 saturated carbocycles. The number of carbonyl (C=O) groups is 2. The van der Waals surface area contributed by atoms with Gasteiger partial charge < -0.3 is 25.2 Å². The van der Waals surface area contributed by atoms with Gasteiger partial charge in [-0.2, -0.15) is 4.98 Å². The number of hydrogen-bond donors (Lipinski definition) is 1. The van der Waals surface area contributed by atoms with Crippen LogP contribution in [0.5, 0.6) is 5.75 Å². The number of aromatic nitrogens is 2. The Kier molecular flexibility index (Phi) is 8.30. The first kappa shape index (κ1) is 31.0. The molecule has 45 heavy (non-hydrogen) atoms. The minimum absolute atomic E-state index is 0.0504. The van der Waals surface area contributed by atoms with Crippen LogP contribution >= 0.6 is 11.6 Å². The fourth-order valence-electron chi connectivity index (χ4n) is 6.76. The van der Waals surface area contributed by atoms with Crippen molar-refractivity contribution in [3.05, 3.63) is 64.1 Å². The number of nitrogens with two attached hydrogens (primary N) is 1. The molecule has 1 aromatic heterocycles. The van der Waals surface area contributed by atoms with Crippen LogP contribution in [-0.4, -0.2) is 82.6 Å². The van der Waals surface area contributed by atoms with E-state index in [-0.39, 0.29) is 64.4 Å². The number of nitrogens with zero attached hydrogens (tertiary/aromatic N) is 5. The summed E-state index contributed by atoms with van der Waals surface area (Å²) in [5, 5.41) is 0.720. The molecule has 0 radical (unpaired) electrons. The molecule has 4 heterocycles. The van der Waals surface area contributed by atoms with Crippen molar-refractivity contribution in [3.8, 4) is 16.9 Å². The smallest absolute Gasteiger partial charge is 0.350 e. The zero-order valence-corrected chi connectivity index (χ0v) is 25.9. The van der Waals surface area contributed by atoms with Crippen LogP contribution in [0.1, 0.15) is 32.7 Å². The number of hydrogen-bond acceptors (Lipinski definition) is 7. The maximum atomic E-state index is 15.1. The number of halogens is 3. The largest absolute Gasteiger partial charge is 0.488 e. The van der Waals surface area contributed by atoms with Gasteiger partial charge in [0.1, 0.15) is 24.1 Å². The summed E-state index contributed by atoms with van der Waals surface area (Å²) in [6.45, 7) is 10.4. The third-order valence-electron chi connectivity index (χ3n) is 9.17. The number of anilines is 1. The summed E-state index contributed by atoms with van der Waals surface area (Å²) in [7, 11) is 0. The molecule has 3 aliphatic heterocycles. The lowest BCUT2D eigenvalue weighted by Gasteiger charge is -2.45. The summed E-state index contributed by atoms with van der Waals surface area (Å²) in [4.78, 5) is 48.2. The fourth-order valence-corrected chi connectivity index (χ4v) is 7.06. The van der Waals surface area contributed by atoms with E-state index in [0.29, 0.717) is 49.3 Å². The van der Waals surface area contributed by atoms with E-state index in [1.165, 1.54) is 12.1 Å². The summed E-state index contributed by atoms with van der Waals surface area (Å²) >= 11 is 6.84. The predicted molar refractivity (Wildman–Crippen MR) is 167 cm³/mol. The quantitative estimate of drug-likeness (QED) is 0.373. The number of piperazine rings is 1. The molecule has 2 N–H and O–H groups in total. The Morgan fingerprint density at radius 3 is 2.60 bits per heavy atom. The molecule has 3 atom stereocenters. The Bertz CT molecular complexity index is 1760. The average molecular weight is 641 g/mol. The Hall–Kier alpha value is -4.03. The molecule has 2 aromatic carbocycles. The molecule has 2 fully saturated rings. The lowest BCUT2D eigenvalue weighted by molar-refractivity contribution is -0.129. The van der Waals surface area contributed by atoms with E-state index < -0.39 is 17.3 Å². The monoisotopic (exact) mass is 640 g/mol. The van der Waals surface area contributed by atoms with Gasteiger partial charge in [-0.25, -0.2) is 13.6 Å². The van der Waals surface area contributed by atoms with Crippen LogP contribution < -0.4 is 21.1 Å². The molecule has 0 aliphatic carbocycles. The van der Waals surface area contributed by atoms with Crippen molar-refractivity contribution in [3.63, 3.8) is 0 Å². The number of amides is 2. The van der Waals surface area contributed by atoms with Crippen molar-refractivity contribution < 1.29 is 23.1 Å². The molecule has 13 heteroatoms. The molecule has 3 aromatic rings. The fraction of sp³-hybridized carbons (Fsp3) is 0.438. The van der Waals surface area contributed by atoms with Gasteiger partial charge in [0, 0.05) is 60.8 Å². The lowest BCUT2D eigenvalue weighted by atomic mass is 9.97. The maximum absolute atomic E-state index is 15.1. The standard InChI is InChI=1S/C32H35ClF2N6O4/c1-4-26(42)39-12-18(3)40(13-17(39)2)31-23-11-24(33)27(22-8-7-20(34)10-25(22)35)29-28(23)41(32(44)37-31)21(16-45-29)6-5-9-38-14-19(15-38)30(36)43/h4,7-8,10-11,17-19,21H,1,5-6,9,12-16H2,2-3H3,(H2,36,43)/t17-,18+,21-/m1/s1. The van der Waals surface area contributed by atoms with E-state index in [4.69, 9.17) is 22.1 Å². The van der Waals surface area contributed by atoms with Gasteiger partial charge >= 0.3 is 5.69 Å². The highest BCUT2D eigenvalue weighted by atomic mass is 35.5. The number of primary amides is 1. The van der Waals surface area contributed by atoms with Crippen LogP contribution in [0.2, 0.25) is 5.02 Å². The van der Waals surface area contributed by atoms with Crippen LogP contribution in [0.4, 0.5) is 14.6 Å². The number of rotatable bonds is 8. The van der Waals surface area contributed by atoms with Gasteiger partial charge in [-0.1, -0.05) is 18.2 Å². The zero-order chi connectivity index (χ0) is 32.2. The van der Waals surface area contributed by atoms with Crippen LogP contribution in [0, 0.1) is 17.6 Å². The highest BCUT2D eigenvalue weighted by Gasteiger charge is 2.37. The maximum Gasteiger partial charge on any atom is 0.350 e. The van der Waals surface area contributed by atoms with Gasteiger partial charge in [0.25, 0.3) is 0 Å². The van der Waals surface area contributed by atoms with E-state index >= 15 is 4.39 Å². The SMILES string of the molecule is C=CC(=O)N1C[C@H](C)N(c2nc(=O)n3c4c(c(-c5ccc(F)cc5F)c(Cl)cc24)OC[C@H]3CCCN2CC(C(N)=O)C2)C[C@H]1C. The van der Waals surface area contributed by atoms with Gasteiger partial charge in [0.2, 0.25) is 11.8 Å². The van der Waals surface area contributed by atoms with Gasteiger partial charge in [-0.3, -0.25) is 14.2 Å². The normalized spacial score (nSPS) is 21.8. The molecule has 0 bridgehead atoms. The van der Waals surface area contributed by atoms with Crippen molar-refractivity contribution in [2.24, 2.45) is 11.7 Å². The van der Waals surface area contributed by atoms with Crippen molar-refractivity contribution >= 4 is 40.1 Å². The minimum Gasteiger partial charge on any atom is -0.488 e. The van der Waals surface area contributed by atoms with Gasteiger partial charge in [0.05, 0.1) is 22.5 Å². The second kappa shape index (κ2) is 12.1. The molecule has 10 nitrogen and oxygen atoms in total. The summed E-state index contributed by atoms with van der Waals surface area (Å²) in [5.74, 6) is -1.52. The summed E-state index contributed by atoms with van der Waals surface area (Å²) in [6, 6.07) is 4.13. The Morgan fingerprint density at radius 1 is 1.16 bits per heavy atom. The van der Waals surface area contributed by atoms with E-state index in [9.17, 15) is 18.8 Å². The topological polar surface area (TPSA) is 114 Å². The molecule has 2 amide bonds. The van der Waals surface area contributed by atoms with E-state index in [0.717, 1.165) is 25.1 Å². The van der Waals surface area contributed by atoms with E-state index in [1.807, 2.05) is 18.7 Å². The second-order valence-electron chi connectivity index (χ2n) is 12.2. The first-order chi connectivity index (χ1) is 21.5. The summed E-state index contributed by atoms with van der Waals surface area (Å²) in [6.07, 6.45) is 2.61. The Morgan fingerprint density at radius 2 is 1.91 bits per heavy atom. The van der Waals surface area contributed by atoms with Crippen molar-refractivity contribution in [1.29, 1.82) is 0 Å². The van der Waals surface area contributed by atoms with Crippen LogP contribution in [0.15, 0.2) is 41.7 Å². The molecule has 6 rings (SSSR count). The summed E-state index contributed by atoms with van der Waals surface area (Å²) in [5.41, 5.74) is 5.63. The van der Waals surface area contributed by atoms with E-state index in [2.05, 4.69) is 16.5 Å². The third-order valence-corrected chi connectivity index (χ3v) is 9.47. The number of ether oxygens (including phenoxy) is 1. The number of benzene rings is 2. The molecule has 3 aliphatic rings. The Labute approximate surface area is 264 Å². The molecule has 0 spiro atoms. The van der Waals surface area contributed by atoms with Crippen molar-refractivity contribution in [2.75, 3.05) is 44.2 Å². The highest BCUT2D eigenvalue weighted by molar-refractivity contribution is 6.35. The molecule has 2 saturated heterocycles. The number of carbonyl (C=O) groups excluding carboxylic acids is 2. The van der Waals surface area contributed by atoms with E-state index in [1.54, 1.807) is 15.5 Å². The molecular formula is C32H35ClF2N6O4. The third kappa shape index (κ3) is 5.54. The molecule has 238 valence electrons. The van der Waals surface area contributed by atoms with Crippen molar-refractivity contribution in [2.45, 2.75) is 44.8 Å². The molecular weight excluding hydrogens is 606 g/mol. The minimum atomic E-state index is -0.810. The molecule has 0 unspecified atom stereocenters. The van der Waals surface area contributed by atoms with Gasteiger partial charge in [-0.05, 0) is 57.5 Å². The zero-order valence-electron chi connectivity index (χ0n) is 25.1. The predicted octanol–water partition coefficient (Wildman–Crippen LogP) is 3.74. The van der Waals surface area contributed by atoms with Gasteiger partial charge in [-0.15, -0.1) is 0 Å². The second-order valence-corrected chi connectivity index (χ2v) is 12.6.